The van der Waals surface area contributed by atoms with Crippen molar-refractivity contribution in [3.8, 4) is 0 Å². The highest BCUT2D eigenvalue weighted by Crippen LogP contribution is 2.57. The van der Waals surface area contributed by atoms with Crippen molar-refractivity contribution in [3.63, 3.8) is 0 Å². The summed E-state index contributed by atoms with van der Waals surface area (Å²) in [4.78, 5) is 12.4. The van der Waals surface area contributed by atoms with Crippen LogP contribution in [0.15, 0.2) is 0 Å². The maximum Gasteiger partial charge on any atom is 0.153 e. The van der Waals surface area contributed by atoms with Gasteiger partial charge in [-0.05, 0) is 26.2 Å². The zero-order chi connectivity index (χ0) is 13.9. The topological polar surface area (TPSA) is 29.1 Å². The Morgan fingerprint density at radius 3 is 2.28 bits per heavy atom. The van der Waals surface area contributed by atoms with Gasteiger partial charge in [0, 0.05) is 12.0 Å². The van der Waals surface area contributed by atoms with Gasteiger partial charge in [-0.1, -0.05) is 40.5 Å². The minimum Gasteiger partial charge on any atom is -0.302 e. The van der Waals surface area contributed by atoms with Crippen LogP contribution in [0.2, 0.25) is 0 Å². The second-order valence-corrected chi connectivity index (χ2v) is 7.95. The summed E-state index contributed by atoms with van der Waals surface area (Å²) in [6, 6.07) is 0.453. The van der Waals surface area contributed by atoms with Crippen LogP contribution in [0, 0.1) is 11.8 Å². The molecule has 106 valence electrons. The fourth-order valence-electron chi connectivity index (χ4n) is 2.41. The van der Waals surface area contributed by atoms with Crippen molar-refractivity contribution in [1.29, 1.82) is 0 Å². The Labute approximate surface area is 117 Å². The second kappa shape index (κ2) is 6.42. The van der Waals surface area contributed by atoms with E-state index in [1.807, 2.05) is 25.6 Å². The van der Waals surface area contributed by atoms with Crippen molar-refractivity contribution in [3.05, 3.63) is 0 Å². The highest BCUT2D eigenvalue weighted by Gasteiger charge is 2.60. The molecule has 0 radical (unpaired) electrons. The van der Waals surface area contributed by atoms with E-state index in [-0.39, 0.29) is 10.7 Å². The Morgan fingerprint density at radius 1 is 1.22 bits per heavy atom. The molecule has 0 aromatic heterocycles. The normalized spacial score (nSPS) is 27.3. The van der Waals surface area contributed by atoms with Crippen LogP contribution in [0.5, 0.6) is 0 Å². The second-order valence-electron chi connectivity index (χ2n) is 6.51. The zero-order valence-corrected chi connectivity index (χ0v) is 13.6. The number of carbonyl (C=O) groups excluding carboxylic acids is 1. The summed E-state index contributed by atoms with van der Waals surface area (Å²) in [7, 11) is 0. The molecule has 0 saturated carbocycles. The molecule has 0 spiro atoms. The first kappa shape index (κ1) is 16.0. The van der Waals surface area contributed by atoms with Crippen LogP contribution < -0.4 is 5.32 Å². The summed E-state index contributed by atoms with van der Waals surface area (Å²) in [6.45, 7) is 12.9. The molecule has 0 bridgehead atoms. The van der Waals surface area contributed by atoms with Crippen LogP contribution >= 0.6 is 11.8 Å². The smallest absolute Gasteiger partial charge is 0.153 e. The molecule has 1 rings (SSSR count). The molecule has 3 heteroatoms. The molecule has 2 unspecified atom stereocenters. The minimum absolute atomic E-state index is 0.118. The molecular formula is C15H29NOS. The van der Waals surface area contributed by atoms with Crippen LogP contribution in [0.4, 0.5) is 0 Å². The third-order valence-electron chi connectivity index (χ3n) is 3.45. The van der Waals surface area contributed by atoms with Crippen LogP contribution in [0.1, 0.15) is 60.8 Å². The summed E-state index contributed by atoms with van der Waals surface area (Å²) in [5.74, 6) is 1.32. The molecule has 2 atom stereocenters. The third kappa shape index (κ3) is 3.99. The van der Waals surface area contributed by atoms with Crippen molar-refractivity contribution in [2.45, 2.75) is 77.0 Å². The van der Waals surface area contributed by atoms with E-state index in [0.29, 0.717) is 17.2 Å². The van der Waals surface area contributed by atoms with E-state index < -0.39 is 0 Å². The SMILES string of the molecule is CC(C)CCCC1(C(=O)C(C)C)SC1NC(C)C. The fourth-order valence-corrected chi connectivity index (χ4v) is 4.02. The number of thioether (sulfide) groups is 1. The average molecular weight is 271 g/mol. The molecule has 0 amide bonds. The number of hydrogen-bond donors (Lipinski definition) is 1. The average Bonchev–Trinajstić information content (AvgIpc) is 2.89. The Kier molecular flexibility index (Phi) is 5.72. The predicted octanol–water partition coefficient (Wildman–Crippen LogP) is 3.85. The van der Waals surface area contributed by atoms with Gasteiger partial charge in [0.2, 0.25) is 0 Å². The van der Waals surface area contributed by atoms with Gasteiger partial charge in [-0.15, -0.1) is 11.8 Å². The minimum atomic E-state index is -0.118. The highest BCUT2D eigenvalue weighted by atomic mass is 32.2. The highest BCUT2D eigenvalue weighted by molar-refractivity contribution is 8.09. The van der Waals surface area contributed by atoms with Crippen molar-refractivity contribution in [2.24, 2.45) is 11.8 Å². The van der Waals surface area contributed by atoms with Crippen LogP contribution in [0.3, 0.4) is 0 Å². The number of hydrogen-bond acceptors (Lipinski definition) is 3. The summed E-state index contributed by atoms with van der Waals surface area (Å²) in [6.07, 6.45) is 3.43. The van der Waals surface area contributed by atoms with Gasteiger partial charge in [0.05, 0.1) is 5.37 Å². The quantitative estimate of drug-likeness (QED) is 0.680. The van der Waals surface area contributed by atoms with Crippen molar-refractivity contribution in [2.75, 3.05) is 0 Å². The molecule has 0 aliphatic carbocycles. The van der Waals surface area contributed by atoms with Crippen LogP contribution in [-0.2, 0) is 4.79 Å². The van der Waals surface area contributed by atoms with Gasteiger partial charge in [0.15, 0.2) is 5.78 Å². The molecule has 1 aliphatic rings. The lowest BCUT2D eigenvalue weighted by molar-refractivity contribution is -0.123. The van der Waals surface area contributed by atoms with Crippen LogP contribution in [-0.4, -0.2) is 21.9 Å². The lowest BCUT2D eigenvalue weighted by Crippen LogP contribution is -2.38. The van der Waals surface area contributed by atoms with Gasteiger partial charge in [-0.2, -0.15) is 0 Å². The number of rotatable bonds is 8. The number of nitrogens with one attached hydrogen (secondary N) is 1. The molecule has 2 nitrogen and oxygen atoms in total. The summed E-state index contributed by atoms with van der Waals surface area (Å²) in [5, 5.41) is 3.87. The summed E-state index contributed by atoms with van der Waals surface area (Å²) < 4.78 is -0.118. The molecule has 0 aromatic carbocycles. The summed E-state index contributed by atoms with van der Waals surface area (Å²) >= 11 is 1.84. The number of Topliss-reactive ketones (excluding diaryl/α,β-unsaturated/α-hetero) is 1. The summed E-state index contributed by atoms with van der Waals surface area (Å²) in [5.41, 5.74) is 0. The molecular weight excluding hydrogens is 242 g/mol. The molecule has 1 N–H and O–H groups in total. The standard InChI is InChI=1S/C15H29NOS/c1-10(2)8-7-9-15(13(17)11(3)4)14(18-15)16-12(5)6/h10-12,14,16H,7-9H2,1-6H3. The Balaban J connectivity index is 2.58. The van der Waals surface area contributed by atoms with Crippen LogP contribution in [0.25, 0.3) is 0 Å². The Morgan fingerprint density at radius 2 is 1.83 bits per heavy atom. The number of carbonyl (C=O) groups is 1. The molecule has 1 fully saturated rings. The maximum atomic E-state index is 12.4. The van der Waals surface area contributed by atoms with Gasteiger partial charge < -0.3 is 5.32 Å². The first-order chi connectivity index (χ1) is 8.29. The third-order valence-corrected chi connectivity index (χ3v) is 5.03. The zero-order valence-electron chi connectivity index (χ0n) is 12.7. The molecule has 1 aliphatic heterocycles. The largest absolute Gasteiger partial charge is 0.302 e. The van der Waals surface area contributed by atoms with E-state index in [0.717, 1.165) is 12.3 Å². The lowest BCUT2D eigenvalue weighted by Gasteiger charge is -2.18. The Bertz CT molecular complexity index is 288. The first-order valence-electron chi connectivity index (χ1n) is 7.27. The van der Waals surface area contributed by atoms with Gasteiger partial charge >= 0.3 is 0 Å². The van der Waals surface area contributed by atoms with Crippen molar-refractivity contribution in [1.82, 2.24) is 5.32 Å². The Hall–Kier alpha value is -0.0200. The van der Waals surface area contributed by atoms with E-state index >= 15 is 0 Å². The molecule has 1 saturated heterocycles. The lowest BCUT2D eigenvalue weighted by atomic mass is 9.89. The van der Waals surface area contributed by atoms with E-state index in [2.05, 4.69) is 33.0 Å². The van der Waals surface area contributed by atoms with Gasteiger partial charge in [0.25, 0.3) is 0 Å². The van der Waals surface area contributed by atoms with Gasteiger partial charge in [-0.25, -0.2) is 0 Å². The first-order valence-corrected chi connectivity index (χ1v) is 8.15. The molecule has 0 aromatic rings. The van der Waals surface area contributed by atoms with E-state index in [1.165, 1.54) is 12.8 Å². The van der Waals surface area contributed by atoms with E-state index in [1.54, 1.807) is 0 Å². The van der Waals surface area contributed by atoms with E-state index in [9.17, 15) is 4.79 Å². The molecule has 18 heavy (non-hydrogen) atoms. The van der Waals surface area contributed by atoms with Gasteiger partial charge in [0.1, 0.15) is 4.75 Å². The van der Waals surface area contributed by atoms with E-state index in [4.69, 9.17) is 0 Å². The monoisotopic (exact) mass is 271 g/mol. The fraction of sp³-hybridized carbons (Fsp3) is 0.933. The number of ketones is 1. The van der Waals surface area contributed by atoms with Crippen molar-refractivity contribution < 1.29 is 4.79 Å². The van der Waals surface area contributed by atoms with Crippen molar-refractivity contribution >= 4 is 17.5 Å². The maximum absolute atomic E-state index is 12.4. The predicted molar refractivity (Wildman–Crippen MR) is 80.9 cm³/mol. The molecule has 1 heterocycles. The van der Waals surface area contributed by atoms with Gasteiger partial charge in [-0.3, -0.25) is 4.79 Å².